The van der Waals surface area contributed by atoms with Gasteiger partial charge >= 0.3 is 5.97 Å². The van der Waals surface area contributed by atoms with Crippen LogP contribution in [0.1, 0.15) is 38.7 Å². The minimum atomic E-state index is -1.14. The quantitative estimate of drug-likeness (QED) is 0.770. The van der Waals surface area contributed by atoms with E-state index in [2.05, 4.69) is 0 Å². The Morgan fingerprint density at radius 1 is 1.26 bits per heavy atom. The first-order valence-corrected chi connectivity index (χ1v) is 6.67. The summed E-state index contributed by atoms with van der Waals surface area (Å²) in [4.78, 5) is 11.5. The highest BCUT2D eigenvalue weighted by Gasteiger charge is 2.24. The number of hydrogen-bond donors (Lipinski definition) is 1. The molecule has 0 fully saturated rings. The average molecular weight is 266 g/mol. The van der Waals surface area contributed by atoms with Crippen LogP contribution in [0, 0.1) is 0 Å². The van der Waals surface area contributed by atoms with Crippen molar-refractivity contribution in [2.24, 2.45) is 0 Å². The third kappa shape index (κ3) is 4.56. The smallest absolute Gasteiger partial charge is 0.335 e. The van der Waals surface area contributed by atoms with Crippen LogP contribution in [0.15, 0.2) is 24.3 Å². The van der Waals surface area contributed by atoms with Crippen LogP contribution in [-0.4, -0.2) is 30.4 Å². The van der Waals surface area contributed by atoms with Crippen LogP contribution in [0.25, 0.3) is 0 Å². The van der Waals surface area contributed by atoms with Gasteiger partial charge in [-0.2, -0.15) is 0 Å². The van der Waals surface area contributed by atoms with Crippen LogP contribution >= 0.6 is 0 Å². The third-order valence-corrected chi connectivity index (χ3v) is 2.88. The van der Waals surface area contributed by atoms with E-state index in [0.717, 1.165) is 17.7 Å². The number of aliphatic hydroxyl groups excluding tert-OH is 1. The van der Waals surface area contributed by atoms with Crippen molar-refractivity contribution in [3.63, 3.8) is 0 Å². The lowest BCUT2D eigenvalue weighted by Crippen LogP contribution is -2.28. The molecule has 1 N–H and O–H groups in total. The summed E-state index contributed by atoms with van der Waals surface area (Å²) in [7, 11) is 0. The van der Waals surface area contributed by atoms with E-state index in [1.54, 1.807) is 13.8 Å². The molecule has 2 atom stereocenters. The predicted molar refractivity (Wildman–Crippen MR) is 73.3 cm³/mol. The van der Waals surface area contributed by atoms with Crippen molar-refractivity contribution in [1.29, 1.82) is 0 Å². The highest BCUT2D eigenvalue weighted by Crippen LogP contribution is 2.23. The first kappa shape index (κ1) is 15.5. The van der Waals surface area contributed by atoms with Gasteiger partial charge in [-0.05, 0) is 31.0 Å². The molecule has 0 saturated heterocycles. The molecule has 4 heteroatoms. The number of benzene rings is 1. The lowest BCUT2D eigenvalue weighted by Gasteiger charge is -2.18. The Labute approximate surface area is 114 Å². The number of ether oxygens (including phenoxy) is 2. The van der Waals surface area contributed by atoms with E-state index in [9.17, 15) is 9.90 Å². The summed E-state index contributed by atoms with van der Waals surface area (Å²) < 4.78 is 10.3. The van der Waals surface area contributed by atoms with Gasteiger partial charge in [0.25, 0.3) is 0 Å². The van der Waals surface area contributed by atoms with E-state index in [4.69, 9.17) is 9.47 Å². The molecule has 1 aromatic rings. The van der Waals surface area contributed by atoms with E-state index in [-0.39, 0.29) is 12.5 Å². The summed E-state index contributed by atoms with van der Waals surface area (Å²) >= 11 is 0. The van der Waals surface area contributed by atoms with Crippen LogP contribution in [0.2, 0.25) is 0 Å². The van der Waals surface area contributed by atoms with Crippen LogP contribution in [0.4, 0.5) is 0 Å². The Hall–Kier alpha value is -1.55. The highest BCUT2D eigenvalue weighted by atomic mass is 16.5. The molecule has 0 spiro atoms. The second-order valence-corrected chi connectivity index (χ2v) is 4.40. The van der Waals surface area contributed by atoms with Gasteiger partial charge in [0.2, 0.25) is 0 Å². The normalized spacial score (nSPS) is 13.7. The molecule has 19 heavy (non-hydrogen) atoms. The van der Waals surface area contributed by atoms with Gasteiger partial charge in [-0.25, -0.2) is 4.79 Å². The molecule has 106 valence electrons. The highest BCUT2D eigenvalue weighted by molar-refractivity contribution is 5.75. The molecule has 0 aromatic heterocycles. The molecule has 0 radical (unpaired) electrons. The number of carbonyl (C=O) groups excluding carboxylic acids is 1. The number of carbonyl (C=O) groups is 1. The Kier molecular flexibility index (Phi) is 6.36. The van der Waals surface area contributed by atoms with Crippen molar-refractivity contribution in [1.82, 2.24) is 0 Å². The Morgan fingerprint density at radius 2 is 1.89 bits per heavy atom. The molecule has 0 saturated carbocycles. The minimum absolute atomic E-state index is 0.270. The fraction of sp³-hybridized carbons (Fsp3) is 0.533. The van der Waals surface area contributed by atoms with Gasteiger partial charge < -0.3 is 14.6 Å². The van der Waals surface area contributed by atoms with Gasteiger partial charge in [-0.15, -0.1) is 0 Å². The first-order chi connectivity index (χ1) is 9.10. The van der Waals surface area contributed by atoms with Crippen molar-refractivity contribution in [3.05, 3.63) is 29.8 Å². The molecule has 0 aliphatic rings. The van der Waals surface area contributed by atoms with Crippen LogP contribution in [0.3, 0.4) is 0 Å². The van der Waals surface area contributed by atoms with Crippen molar-refractivity contribution in [2.75, 3.05) is 13.2 Å². The summed E-state index contributed by atoms with van der Waals surface area (Å²) in [6.07, 6.45) is -0.179. The van der Waals surface area contributed by atoms with Gasteiger partial charge in [0.15, 0.2) is 6.10 Å². The number of rotatable bonds is 7. The maximum atomic E-state index is 11.5. The molecular formula is C15H22O4. The molecule has 0 aliphatic carbocycles. The van der Waals surface area contributed by atoms with Crippen molar-refractivity contribution >= 4 is 5.97 Å². The molecule has 0 heterocycles. The zero-order valence-corrected chi connectivity index (χ0v) is 11.8. The Bertz CT molecular complexity index is 386. The van der Waals surface area contributed by atoms with Crippen molar-refractivity contribution < 1.29 is 19.4 Å². The van der Waals surface area contributed by atoms with E-state index < -0.39 is 12.1 Å². The lowest BCUT2D eigenvalue weighted by molar-refractivity contribution is -0.154. The zero-order chi connectivity index (χ0) is 14.3. The fourth-order valence-corrected chi connectivity index (χ4v) is 1.70. The molecular weight excluding hydrogens is 244 g/mol. The Balaban J connectivity index is 2.66. The maximum absolute atomic E-state index is 11.5. The molecule has 0 amide bonds. The van der Waals surface area contributed by atoms with E-state index >= 15 is 0 Å². The predicted octanol–water partition coefficient (Wildman–Crippen LogP) is 2.50. The van der Waals surface area contributed by atoms with Crippen molar-refractivity contribution in [2.45, 2.75) is 39.2 Å². The van der Waals surface area contributed by atoms with Crippen LogP contribution in [0.5, 0.6) is 5.75 Å². The average Bonchev–Trinajstić information content (AvgIpc) is 2.44. The maximum Gasteiger partial charge on any atom is 0.335 e. The molecule has 2 unspecified atom stereocenters. The van der Waals surface area contributed by atoms with E-state index in [1.807, 2.05) is 31.2 Å². The third-order valence-electron chi connectivity index (χ3n) is 2.88. The molecule has 1 rings (SSSR count). The van der Waals surface area contributed by atoms with Gasteiger partial charge in [0.1, 0.15) is 5.75 Å². The zero-order valence-electron chi connectivity index (χ0n) is 11.8. The topological polar surface area (TPSA) is 55.8 Å². The van der Waals surface area contributed by atoms with E-state index in [0.29, 0.717) is 6.61 Å². The summed E-state index contributed by atoms with van der Waals surface area (Å²) in [5.74, 6) is -0.0935. The van der Waals surface area contributed by atoms with E-state index in [1.165, 1.54) is 0 Å². The first-order valence-electron chi connectivity index (χ1n) is 6.67. The summed E-state index contributed by atoms with van der Waals surface area (Å²) in [5.41, 5.74) is 0.879. The van der Waals surface area contributed by atoms with Gasteiger partial charge in [0, 0.05) is 5.92 Å². The minimum Gasteiger partial charge on any atom is -0.494 e. The Morgan fingerprint density at radius 3 is 2.42 bits per heavy atom. The van der Waals surface area contributed by atoms with Crippen molar-refractivity contribution in [3.8, 4) is 5.75 Å². The lowest BCUT2D eigenvalue weighted by atomic mass is 9.95. The number of aliphatic hydroxyl groups is 1. The second kappa shape index (κ2) is 7.79. The molecule has 1 aromatic carbocycles. The standard InChI is InChI=1S/C15H22O4/c1-4-10-19-13-8-6-12(7-9-13)11(3)14(16)15(17)18-5-2/h6-9,11,14,16H,4-5,10H2,1-3H3. The van der Waals surface area contributed by atoms with Gasteiger partial charge in [0.05, 0.1) is 13.2 Å². The largest absolute Gasteiger partial charge is 0.494 e. The van der Waals surface area contributed by atoms with Crippen LogP contribution < -0.4 is 4.74 Å². The second-order valence-electron chi connectivity index (χ2n) is 4.40. The monoisotopic (exact) mass is 266 g/mol. The fourth-order valence-electron chi connectivity index (χ4n) is 1.70. The van der Waals surface area contributed by atoms with Crippen LogP contribution in [-0.2, 0) is 9.53 Å². The summed E-state index contributed by atoms with van der Waals surface area (Å²) in [6.45, 7) is 6.51. The molecule has 4 nitrogen and oxygen atoms in total. The van der Waals surface area contributed by atoms with Gasteiger partial charge in [-0.1, -0.05) is 26.0 Å². The summed E-state index contributed by atoms with van der Waals surface area (Å²) in [6, 6.07) is 7.41. The molecule has 0 aliphatic heterocycles. The van der Waals surface area contributed by atoms with Gasteiger partial charge in [-0.3, -0.25) is 0 Å². The number of esters is 1. The summed E-state index contributed by atoms with van der Waals surface area (Å²) in [5, 5.41) is 9.88. The molecule has 0 bridgehead atoms. The SMILES string of the molecule is CCCOc1ccc(C(C)C(O)C(=O)OCC)cc1. The number of hydrogen-bond acceptors (Lipinski definition) is 4.